The minimum absolute atomic E-state index is 0.0856. The molecule has 8 heteroatoms. The standard InChI is InChI=1S/C28H29N5O3/c1-20(2)16-25(26(34)18-33-31-27(30-32-33)22-12-7-4-8-13-22)29-28(35)23-14-9-15-24(17-23)36-19-21-10-5-3-6-11-21/h3-15,17,20,25H,16,18-19H2,1-2H3,(H,29,35)/t25-/m0/s1. The van der Waals surface area contributed by atoms with E-state index in [2.05, 4.69) is 20.7 Å². The highest BCUT2D eigenvalue weighted by Crippen LogP contribution is 2.17. The van der Waals surface area contributed by atoms with Gasteiger partial charge >= 0.3 is 0 Å². The summed E-state index contributed by atoms with van der Waals surface area (Å²) in [6.07, 6.45) is 0.495. The molecule has 0 fully saturated rings. The van der Waals surface area contributed by atoms with Crippen molar-refractivity contribution in [1.82, 2.24) is 25.5 Å². The van der Waals surface area contributed by atoms with Crippen molar-refractivity contribution in [1.29, 1.82) is 0 Å². The van der Waals surface area contributed by atoms with Crippen LogP contribution in [0.4, 0.5) is 0 Å². The third-order valence-corrected chi connectivity index (χ3v) is 5.53. The molecule has 0 unspecified atom stereocenters. The lowest BCUT2D eigenvalue weighted by atomic mass is 9.99. The molecule has 8 nitrogen and oxygen atoms in total. The summed E-state index contributed by atoms with van der Waals surface area (Å²) in [6, 6.07) is 25.5. The highest BCUT2D eigenvalue weighted by atomic mass is 16.5. The van der Waals surface area contributed by atoms with E-state index >= 15 is 0 Å². The van der Waals surface area contributed by atoms with E-state index < -0.39 is 6.04 Å². The van der Waals surface area contributed by atoms with Gasteiger partial charge in [0.15, 0.2) is 5.78 Å². The number of nitrogens with one attached hydrogen (secondary N) is 1. The number of ether oxygens (including phenoxy) is 1. The van der Waals surface area contributed by atoms with Crippen LogP contribution >= 0.6 is 0 Å². The van der Waals surface area contributed by atoms with E-state index in [-0.39, 0.29) is 24.2 Å². The van der Waals surface area contributed by atoms with Gasteiger partial charge in [0.2, 0.25) is 5.82 Å². The number of Topliss-reactive ketones (excluding diaryl/α,β-unsaturated/α-hetero) is 1. The molecule has 0 aliphatic carbocycles. The van der Waals surface area contributed by atoms with Crippen LogP contribution in [0.25, 0.3) is 11.4 Å². The Balaban J connectivity index is 1.41. The number of ketones is 1. The molecule has 1 amide bonds. The lowest BCUT2D eigenvalue weighted by Crippen LogP contribution is -2.43. The number of hydrogen-bond acceptors (Lipinski definition) is 6. The molecule has 0 saturated heterocycles. The van der Waals surface area contributed by atoms with Crippen LogP contribution in [-0.4, -0.2) is 37.9 Å². The Morgan fingerprint density at radius 2 is 1.67 bits per heavy atom. The van der Waals surface area contributed by atoms with Gasteiger partial charge in [-0.05, 0) is 41.3 Å². The molecule has 4 aromatic rings. The summed E-state index contributed by atoms with van der Waals surface area (Å²) in [6.45, 7) is 4.32. The number of amides is 1. The normalized spacial score (nSPS) is 11.8. The predicted molar refractivity (Wildman–Crippen MR) is 136 cm³/mol. The Morgan fingerprint density at radius 3 is 2.39 bits per heavy atom. The molecule has 0 aliphatic heterocycles. The zero-order chi connectivity index (χ0) is 25.3. The molecule has 0 spiro atoms. The van der Waals surface area contributed by atoms with E-state index in [4.69, 9.17) is 4.74 Å². The first-order chi connectivity index (χ1) is 17.5. The molecule has 1 N–H and O–H groups in total. The molecule has 4 rings (SSSR count). The van der Waals surface area contributed by atoms with Gasteiger partial charge in [-0.25, -0.2) is 0 Å². The zero-order valence-electron chi connectivity index (χ0n) is 20.4. The van der Waals surface area contributed by atoms with Gasteiger partial charge in [-0.2, -0.15) is 4.80 Å². The second-order valence-electron chi connectivity index (χ2n) is 8.93. The fourth-order valence-corrected chi connectivity index (χ4v) is 3.71. The van der Waals surface area contributed by atoms with Crippen LogP contribution < -0.4 is 10.1 Å². The van der Waals surface area contributed by atoms with Crippen LogP contribution in [0.3, 0.4) is 0 Å². The molecule has 1 atom stereocenters. The fourth-order valence-electron chi connectivity index (χ4n) is 3.71. The van der Waals surface area contributed by atoms with Crippen molar-refractivity contribution in [3.05, 3.63) is 96.1 Å². The Labute approximate surface area is 210 Å². The summed E-state index contributed by atoms with van der Waals surface area (Å²) in [5.41, 5.74) is 2.28. The number of benzene rings is 3. The van der Waals surface area contributed by atoms with Crippen LogP contribution in [0.2, 0.25) is 0 Å². The van der Waals surface area contributed by atoms with Gasteiger partial charge in [0.05, 0.1) is 6.04 Å². The maximum absolute atomic E-state index is 13.1. The van der Waals surface area contributed by atoms with Gasteiger partial charge in [0, 0.05) is 11.1 Å². The molecular weight excluding hydrogens is 454 g/mol. The molecule has 0 saturated carbocycles. The van der Waals surface area contributed by atoms with Crippen molar-refractivity contribution in [3.8, 4) is 17.1 Å². The summed E-state index contributed by atoms with van der Waals surface area (Å²) < 4.78 is 5.84. The van der Waals surface area contributed by atoms with Crippen molar-refractivity contribution in [2.45, 2.75) is 39.5 Å². The highest BCUT2D eigenvalue weighted by molar-refractivity contribution is 5.98. The molecule has 184 valence electrons. The van der Waals surface area contributed by atoms with Crippen molar-refractivity contribution < 1.29 is 14.3 Å². The van der Waals surface area contributed by atoms with Gasteiger partial charge in [-0.3, -0.25) is 9.59 Å². The van der Waals surface area contributed by atoms with E-state index in [1.807, 2.05) is 74.5 Å². The van der Waals surface area contributed by atoms with E-state index in [0.717, 1.165) is 11.1 Å². The lowest BCUT2D eigenvalue weighted by Gasteiger charge is -2.19. The van der Waals surface area contributed by atoms with Gasteiger partial charge in [0.25, 0.3) is 5.91 Å². The number of carbonyl (C=O) groups excluding carboxylic acids is 2. The SMILES string of the molecule is CC(C)C[C@H](NC(=O)c1cccc(OCc2ccccc2)c1)C(=O)Cn1nnc(-c2ccccc2)n1. The molecule has 1 heterocycles. The van der Waals surface area contributed by atoms with E-state index in [1.165, 1.54) is 4.80 Å². The topological polar surface area (TPSA) is 99.0 Å². The first-order valence-corrected chi connectivity index (χ1v) is 11.9. The summed E-state index contributed by atoms with van der Waals surface area (Å²) in [5, 5.41) is 15.3. The number of nitrogens with zero attached hydrogens (tertiary/aromatic N) is 4. The quantitative estimate of drug-likeness (QED) is 0.341. The molecule has 3 aromatic carbocycles. The van der Waals surface area contributed by atoms with Gasteiger partial charge in [-0.1, -0.05) is 80.6 Å². The number of aromatic nitrogens is 4. The highest BCUT2D eigenvalue weighted by Gasteiger charge is 2.24. The lowest BCUT2D eigenvalue weighted by molar-refractivity contribution is -0.122. The van der Waals surface area contributed by atoms with Crippen LogP contribution in [0, 0.1) is 5.92 Å². The summed E-state index contributed by atoms with van der Waals surface area (Å²) in [7, 11) is 0. The van der Waals surface area contributed by atoms with E-state index in [9.17, 15) is 9.59 Å². The average Bonchev–Trinajstić information content (AvgIpc) is 3.36. The Kier molecular flexibility index (Phi) is 8.18. The van der Waals surface area contributed by atoms with Crippen LogP contribution in [0.5, 0.6) is 5.75 Å². The minimum Gasteiger partial charge on any atom is -0.489 e. The zero-order valence-corrected chi connectivity index (χ0v) is 20.4. The largest absolute Gasteiger partial charge is 0.489 e. The molecular formula is C28H29N5O3. The van der Waals surface area contributed by atoms with Crippen molar-refractivity contribution in [2.75, 3.05) is 0 Å². The van der Waals surface area contributed by atoms with Crippen LogP contribution in [0.15, 0.2) is 84.9 Å². The average molecular weight is 484 g/mol. The molecule has 0 aliphatic rings. The van der Waals surface area contributed by atoms with Gasteiger partial charge < -0.3 is 10.1 Å². The smallest absolute Gasteiger partial charge is 0.251 e. The van der Waals surface area contributed by atoms with Crippen molar-refractivity contribution in [2.24, 2.45) is 5.92 Å². The monoisotopic (exact) mass is 483 g/mol. The third kappa shape index (κ3) is 6.85. The van der Waals surface area contributed by atoms with E-state index in [0.29, 0.717) is 30.2 Å². The number of rotatable bonds is 11. The summed E-state index contributed by atoms with van der Waals surface area (Å²) in [5.74, 6) is 0.697. The number of hydrogen-bond donors (Lipinski definition) is 1. The molecule has 0 radical (unpaired) electrons. The first-order valence-electron chi connectivity index (χ1n) is 11.9. The third-order valence-electron chi connectivity index (χ3n) is 5.53. The Bertz CT molecular complexity index is 1290. The fraction of sp³-hybridized carbons (Fsp3) is 0.250. The van der Waals surface area contributed by atoms with Crippen LogP contribution in [-0.2, 0) is 17.9 Å². The Hall–Kier alpha value is -4.33. The predicted octanol–water partition coefficient (Wildman–Crippen LogP) is 4.33. The van der Waals surface area contributed by atoms with Gasteiger partial charge in [-0.15, -0.1) is 10.2 Å². The minimum atomic E-state index is -0.683. The molecule has 36 heavy (non-hydrogen) atoms. The molecule has 0 bridgehead atoms. The van der Waals surface area contributed by atoms with Crippen LogP contribution in [0.1, 0.15) is 36.2 Å². The second-order valence-corrected chi connectivity index (χ2v) is 8.93. The van der Waals surface area contributed by atoms with Crippen molar-refractivity contribution in [3.63, 3.8) is 0 Å². The molecule has 1 aromatic heterocycles. The summed E-state index contributed by atoms with van der Waals surface area (Å²) in [4.78, 5) is 27.4. The van der Waals surface area contributed by atoms with Gasteiger partial charge in [0.1, 0.15) is 18.9 Å². The Morgan fingerprint density at radius 1 is 0.944 bits per heavy atom. The summed E-state index contributed by atoms with van der Waals surface area (Å²) >= 11 is 0. The number of carbonyl (C=O) groups is 2. The second kappa shape index (κ2) is 11.9. The maximum atomic E-state index is 13.1. The van der Waals surface area contributed by atoms with Crippen molar-refractivity contribution >= 4 is 11.7 Å². The number of tetrazole rings is 1. The maximum Gasteiger partial charge on any atom is 0.251 e. The first kappa shape index (κ1) is 24.8. The van der Waals surface area contributed by atoms with E-state index in [1.54, 1.807) is 24.3 Å².